The molecule has 0 unspecified atom stereocenters. The molecule has 0 aliphatic carbocycles. The fourth-order valence-electron chi connectivity index (χ4n) is 4.61. The Morgan fingerprint density at radius 2 is 2.00 bits per heavy atom. The molecule has 2 atom stereocenters. The molecule has 0 spiro atoms. The minimum absolute atomic E-state index is 0.111. The predicted molar refractivity (Wildman–Crippen MR) is 92.5 cm³/mol. The molecule has 0 saturated carbocycles. The van der Waals surface area contributed by atoms with E-state index in [0.29, 0.717) is 0 Å². The second-order valence-corrected chi connectivity index (χ2v) is 7.12. The highest BCUT2D eigenvalue weighted by Crippen LogP contribution is 2.46. The summed E-state index contributed by atoms with van der Waals surface area (Å²) < 4.78 is 5.20. The molecule has 0 N–H and O–H groups in total. The molecule has 2 fully saturated rings. The second-order valence-electron chi connectivity index (χ2n) is 7.12. The van der Waals surface area contributed by atoms with Crippen LogP contribution in [0.25, 0.3) is 0 Å². The van der Waals surface area contributed by atoms with Gasteiger partial charge in [0.05, 0.1) is 18.6 Å². The lowest BCUT2D eigenvalue weighted by atomic mass is 9.69. The fourth-order valence-corrected chi connectivity index (χ4v) is 4.61. The van der Waals surface area contributed by atoms with E-state index in [-0.39, 0.29) is 17.4 Å². The first-order valence-electron chi connectivity index (χ1n) is 8.75. The van der Waals surface area contributed by atoms with E-state index in [1.165, 1.54) is 11.1 Å². The molecular weight excluding hydrogens is 300 g/mol. The lowest BCUT2D eigenvalue weighted by Crippen LogP contribution is -2.56. The molecule has 4 nitrogen and oxygen atoms in total. The molecule has 3 heterocycles. The topological polar surface area (TPSA) is 36.7 Å². The first-order chi connectivity index (χ1) is 11.7. The van der Waals surface area contributed by atoms with Crippen LogP contribution < -0.4 is 0 Å². The van der Waals surface area contributed by atoms with Crippen LogP contribution in [-0.4, -0.2) is 41.4 Å². The lowest BCUT2D eigenvalue weighted by molar-refractivity contribution is -0.131. The van der Waals surface area contributed by atoms with E-state index in [1.54, 1.807) is 13.2 Å². The van der Waals surface area contributed by atoms with Gasteiger partial charge in [0, 0.05) is 37.5 Å². The van der Waals surface area contributed by atoms with Crippen molar-refractivity contribution in [2.24, 2.45) is 0 Å². The van der Waals surface area contributed by atoms with Crippen molar-refractivity contribution in [1.29, 1.82) is 0 Å². The van der Waals surface area contributed by atoms with E-state index in [0.717, 1.165) is 39.0 Å². The summed E-state index contributed by atoms with van der Waals surface area (Å²) in [5, 5.41) is 0. The van der Waals surface area contributed by atoms with Gasteiger partial charge in [-0.05, 0) is 31.0 Å². The lowest BCUT2D eigenvalue weighted by Gasteiger charge is -2.46. The number of hydrogen-bond acceptors (Lipinski definition) is 3. The number of carbonyl (C=O) groups excluding carboxylic acids is 1. The van der Waals surface area contributed by atoms with Crippen molar-refractivity contribution >= 4 is 5.91 Å². The number of benzene rings is 1. The number of fused-ring (bicyclic) bond motifs is 1. The Bertz CT molecular complexity index is 698. The molecule has 0 radical (unpaired) electrons. The molecule has 1 aromatic carbocycles. The Morgan fingerprint density at radius 3 is 2.71 bits per heavy atom. The molecule has 2 saturated heterocycles. The second kappa shape index (κ2) is 6.10. The van der Waals surface area contributed by atoms with Gasteiger partial charge in [0.1, 0.15) is 0 Å². The van der Waals surface area contributed by atoms with Crippen LogP contribution in [0.5, 0.6) is 0 Å². The third-order valence-electron chi connectivity index (χ3n) is 5.86. The monoisotopic (exact) mass is 324 g/mol. The number of furan rings is 1. The van der Waals surface area contributed by atoms with Gasteiger partial charge in [-0.1, -0.05) is 30.3 Å². The highest BCUT2D eigenvalue weighted by molar-refractivity contribution is 5.74. The summed E-state index contributed by atoms with van der Waals surface area (Å²) in [6, 6.07) is 13.1. The number of piperidine rings is 1. The van der Waals surface area contributed by atoms with Crippen molar-refractivity contribution in [2.75, 3.05) is 19.6 Å². The number of amides is 1. The van der Waals surface area contributed by atoms with Crippen LogP contribution in [0.2, 0.25) is 0 Å². The van der Waals surface area contributed by atoms with Crippen LogP contribution >= 0.6 is 0 Å². The smallest absolute Gasteiger partial charge is 0.219 e. The molecule has 24 heavy (non-hydrogen) atoms. The van der Waals surface area contributed by atoms with Crippen LogP contribution in [0.3, 0.4) is 0 Å². The average Bonchev–Trinajstić information content (AvgIpc) is 3.23. The molecule has 1 aromatic heterocycles. The molecule has 2 aromatic rings. The maximum atomic E-state index is 12.2. The van der Waals surface area contributed by atoms with Gasteiger partial charge in [0.2, 0.25) is 5.91 Å². The van der Waals surface area contributed by atoms with Gasteiger partial charge in [0.25, 0.3) is 0 Å². The van der Waals surface area contributed by atoms with Crippen LogP contribution in [0.1, 0.15) is 30.9 Å². The molecule has 4 heteroatoms. The van der Waals surface area contributed by atoms with Crippen molar-refractivity contribution in [3.8, 4) is 0 Å². The summed E-state index contributed by atoms with van der Waals surface area (Å²) in [6.07, 6.45) is 5.71. The predicted octanol–water partition coefficient (Wildman–Crippen LogP) is 3.04. The summed E-state index contributed by atoms with van der Waals surface area (Å²) >= 11 is 0. The highest BCUT2D eigenvalue weighted by Gasteiger charge is 2.51. The molecule has 2 aliphatic rings. The van der Waals surface area contributed by atoms with E-state index < -0.39 is 0 Å². The Morgan fingerprint density at radius 1 is 1.21 bits per heavy atom. The van der Waals surface area contributed by atoms with Crippen LogP contribution in [0.4, 0.5) is 0 Å². The third kappa shape index (κ3) is 2.55. The molecule has 4 rings (SSSR count). The zero-order chi connectivity index (χ0) is 16.6. The maximum Gasteiger partial charge on any atom is 0.219 e. The van der Waals surface area contributed by atoms with E-state index in [4.69, 9.17) is 4.42 Å². The maximum absolute atomic E-state index is 12.2. The van der Waals surface area contributed by atoms with Gasteiger partial charge in [-0.15, -0.1) is 0 Å². The number of carbonyl (C=O) groups is 1. The van der Waals surface area contributed by atoms with Gasteiger partial charge in [-0.3, -0.25) is 9.69 Å². The quantitative estimate of drug-likeness (QED) is 0.871. The van der Waals surface area contributed by atoms with Crippen molar-refractivity contribution < 1.29 is 9.21 Å². The largest absolute Gasteiger partial charge is 0.472 e. The zero-order valence-electron chi connectivity index (χ0n) is 14.1. The Hall–Kier alpha value is -2.07. The standard InChI is InChI=1S/C20H24N2O2/c1-16(23)22-11-9-20(18-5-3-2-4-6-18)8-10-21(14-19(20)22)13-17-7-12-24-15-17/h2-7,12,15,19H,8-11,13-14H2,1H3/t19-,20+/m1/s1. The van der Waals surface area contributed by atoms with E-state index in [1.807, 2.05) is 12.3 Å². The number of likely N-dealkylation sites (tertiary alicyclic amines) is 2. The van der Waals surface area contributed by atoms with Crippen molar-refractivity contribution in [3.05, 3.63) is 60.1 Å². The summed E-state index contributed by atoms with van der Waals surface area (Å²) in [5.74, 6) is 0.197. The molecular formula is C20H24N2O2. The molecule has 2 aliphatic heterocycles. The summed E-state index contributed by atoms with van der Waals surface area (Å²) in [4.78, 5) is 16.7. The van der Waals surface area contributed by atoms with Crippen LogP contribution in [0, 0.1) is 0 Å². The van der Waals surface area contributed by atoms with Gasteiger partial charge in [-0.2, -0.15) is 0 Å². The van der Waals surface area contributed by atoms with Gasteiger partial charge < -0.3 is 9.32 Å². The van der Waals surface area contributed by atoms with Gasteiger partial charge >= 0.3 is 0 Å². The number of hydrogen-bond donors (Lipinski definition) is 0. The average molecular weight is 324 g/mol. The van der Waals surface area contributed by atoms with Crippen molar-refractivity contribution in [1.82, 2.24) is 9.80 Å². The Balaban J connectivity index is 1.62. The zero-order valence-corrected chi connectivity index (χ0v) is 14.1. The Labute approximate surface area is 143 Å². The van der Waals surface area contributed by atoms with Gasteiger partial charge in [-0.25, -0.2) is 0 Å². The summed E-state index contributed by atoms with van der Waals surface area (Å²) in [5.41, 5.74) is 2.70. The van der Waals surface area contributed by atoms with Crippen LogP contribution in [-0.2, 0) is 16.8 Å². The summed E-state index contributed by atoms with van der Waals surface area (Å²) in [6.45, 7) is 5.45. The fraction of sp³-hybridized carbons (Fsp3) is 0.450. The highest BCUT2D eigenvalue weighted by atomic mass is 16.3. The van der Waals surface area contributed by atoms with E-state index in [9.17, 15) is 4.79 Å². The van der Waals surface area contributed by atoms with Gasteiger partial charge in [0.15, 0.2) is 0 Å². The molecule has 0 bridgehead atoms. The van der Waals surface area contributed by atoms with Crippen molar-refractivity contribution in [3.63, 3.8) is 0 Å². The minimum atomic E-state index is 0.111. The third-order valence-corrected chi connectivity index (χ3v) is 5.86. The Kier molecular flexibility index (Phi) is 3.93. The van der Waals surface area contributed by atoms with Crippen molar-refractivity contribution in [2.45, 2.75) is 37.8 Å². The normalized spacial score (nSPS) is 27.2. The summed E-state index contributed by atoms with van der Waals surface area (Å²) in [7, 11) is 0. The first-order valence-corrected chi connectivity index (χ1v) is 8.75. The SMILES string of the molecule is CC(=O)N1CC[C@]2(c3ccccc3)CCN(Cc3ccoc3)C[C@@H]12. The van der Waals surface area contributed by atoms with E-state index >= 15 is 0 Å². The number of rotatable bonds is 3. The minimum Gasteiger partial charge on any atom is -0.472 e. The molecule has 126 valence electrons. The van der Waals surface area contributed by atoms with E-state index in [2.05, 4.69) is 40.1 Å². The number of nitrogens with zero attached hydrogens (tertiary/aromatic N) is 2. The van der Waals surface area contributed by atoms with Crippen LogP contribution in [0.15, 0.2) is 53.3 Å². The first kappa shape index (κ1) is 15.5. The molecule has 1 amide bonds.